The van der Waals surface area contributed by atoms with Gasteiger partial charge in [0, 0.05) is 26.2 Å². The van der Waals surface area contributed by atoms with E-state index in [1.54, 1.807) is 0 Å². The Bertz CT molecular complexity index is 234. The van der Waals surface area contributed by atoms with E-state index in [2.05, 4.69) is 42.5 Å². The number of hydrogen-bond donors (Lipinski definition) is 1. The molecule has 0 spiro atoms. The molecule has 0 amide bonds. The average Bonchev–Trinajstić information content (AvgIpc) is 2.16. The number of piperazine rings is 1. The molecule has 1 rings (SSSR count). The first-order valence-corrected chi connectivity index (χ1v) is 6.25. The first-order chi connectivity index (χ1) is 7.42. The molecule has 1 fully saturated rings. The number of nitrogens with two attached hydrogens (primary N) is 1. The van der Waals surface area contributed by atoms with E-state index >= 15 is 0 Å². The van der Waals surface area contributed by atoms with Crippen LogP contribution >= 0.6 is 0 Å². The van der Waals surface area contributed by atoms with Crippen LogP contribution in [-0.4, -0.2) is 54.0 Å². The van der Waals surface area contributed by atoms with Crippen LogP contribution in [0, 0.1) is 0 Å². The minimum atomic E-state index is -0.0787. The van der Waals surface area contributed by atoms with Gasteiger partial charge in [-0.3, -0.25) is 4.90 Å². The van der Waals surface area contributed by atoms with E-state index in [1.807, 2.05) is 0 Å². The fraction of sp³-hybridized carbons (Fsp3) is 0.917. The van der Waals surface area contributed by atoms with Crippen LogP contribution in [0.4, 0.5) is 0 Å². The molecule has 0 aromatic heterocycles. The minimum absolute atomic E-state index is 0.0787. The third-order valence-corrected chi connectivity index (χ3v) is 2.69. The molecule has 0 aromatic carbocycles. The van der Waals surface area contributed by atoms with Crippen molar-refractivity contribution >= 4 is 5.96 Å². The number of nitrogens with zero attached hydrogens (tertiary/aromatic N) is 3. The van der Waals surface area contributed by atoms with Crippen molar-refractivity contribution in [3.8, 4) is 0 Å². The molecular formula is C12H26N4. The SMILES string of the molecule is CCCN1CCN(C(N)=NC(C)(C)C)CC1. The van der Waals surface area contributed by atoms with Gasteiger partial charge in [0.05, 0.1) is 5.54 Å². The Labute approximate surface area is 99.5 Å². The Balaban J connectivity index is 2.44. The molecule has 94 valence electrons. The van der Waals surface area contributed by atoms with Crippen molar-refractivity contribution in [3.05, 3.63) is 0 Å². The fourth-order valence-electron chi connectivity index (χ4n) is 1.93. The second-order valence-electron chi connectivity index (χ2n) is 5.47. The van der Waals surface area contributed by atoms with Gasteiger partial charge in [-0.25, -0.2) is 4.99 Å². The summed E-state index contributed by atoms with van der Waals surface area (Å²) >= 11 is 0. The highest BCUT2D eigenvalue weighted by Gasteiger charge is 2.19. The van der Waals surface area contributed by atoms with E-state index in [9.17, 15) is 0 Å². The molecule has 0 unspecified atom stereocenters. The smallest absolute Gasteiger partial charge is 0.191 e. The summed E-state index contributed by atoms with van der Waals surface area (Å²) in [5.41, 5.74) is 5.93. The molecule has 4 heteroatoms. The van der Waals surface area contributed by atoms with Crippen molar-refractivity contribution in [1.82, 2.24) is 9.80 Å². The molecule has 1 saturated heterocycles. The fourth-order valence-corrected chi connectivity index (χ4v) is 1.93. The largest absolute Gasteiger partial charge is 0.370 e. The van der Waals surface area contributed by atoms with Crippen molar-refractivity contribution in [2.24, 2.45) is 10.7 Å². The molecule has 2 N–H and O–H groups in total. The number of aliphatic imine (C=N–C) groups is 1. The average molecular weight is 226 g/mol. The van der Waals surface area contributed by atoms with Gasteiger partial charge in [0.2, 0.25) is 0 Å². The predicted molar refractivity (Wildman–Crippen MR) is 69.7 cm³/mol. The normalized spacial score (nSPS) is 20.2. The Kier molecular flexibility index (Phi) is 4.59. The van der Waals surface area contributed by atoms with Gasteiger partial charge in [-0.2, -0.15) is 0 Å². The first-order valence-electron chi connectivity index (χ1n) is 6.25. The predicted octanol–water partition coefficient (Wildman–Crippen LogP) is 1.13. The van der Waals surface area contributed by atoms with Gasteiger partial charge in [0.25, 0.3) is 0 Å². The van der Waals surface area contributed by atoms with E-state index in [0.717, 1.165) is 26.2 Å². The highest BCUT2D eigenvalue weighted by Crippen LogP contribution is 2.08. The van der Waals surface area contributed by atoms with Gasteiger partial charge in [0.15, 0.2) is 5.96 Å². The topological polar surface area (TPSA) is 44.9 Å². The summed E-state index contributed by atoms with van der Waals surface area (Å²) in [5, 5.41) is 0. The summed E-state index contributed by atoms with van der Waals surface area (Å²) < 4.78 is 0. The summed E-state index contributed by atoms with van der Waals surface area (Å²) in [6.45, 7) is 13.9. The van der Waals surface area contributed by atoms with Gasteiger partial charge in [-0.1, -0.05) is 6.92 Å². The zero-order chi connectivity index (χ0) is 12.2. The van der Waals surface area contributed by atoms with Gasteiger partial charge < -0.3 is 10.6 Å². The molecule has 16 heavy (non-hydrogen) atoms. The maximum absolute atomic E-state index is 6.01. The molecule has 4 nitrogen and oxygen atoms in total. The second-order valence-corrected chi connectivity index (χ2v) is 5.47. The Morgan fingerprint density at radius 2 is 1.75 bits per heavy atom. The van der Waals surface area contributed by atoms with Crippen molar-refractivity contribution in [1.29, 1.82) is 0 Å². The lowest BCUT2D eigenvalue weighted by atomic mass is 10.1. The van der Waals surface area contributed by atoms with E-state index in [1.165, 1.54) is 13.0 Å². The summed E-state index contributed by atoms with van der Waals surface area (Å²) in [5.74, 6) is 0.698. The minimum Gasteiger partial charge on any atom is -0.370 e. The molecule has 0 saturated carbocycles. The third kappa shape index (κ3) is 4.39. The van der Waals surface area contributed by atoms with E-state index in [-0.39, 0.29) is 5.54 Å². The summed E-state index contributed by atoms with van der Waals surface area (Å²) in [6, 6.07) is 0. The first kappa shape index (κ1) is 13.3. The van der Waals surface area contributed by atoms with Gasteiger partial charge in [0.1, 0.15) is 0 Å². The monoisotopic (exact) mass is 226 g/mol. The number of rotatable bonds is 2. The molecule has 0 bridgehead atoms. The standard InChI is InChI=1S/C12H26N4/c1-5-6-15-7-9-16(10-8-15)11(13)14-12(2,3)4/h5-10H2,1-4H3,(H2,13,14). The van der Waals surface area contributed by atoms with Crippen molar-refractivity contribution < 1.29 is 0 Å². The van der Waals surface area contributed by atoms with E-state index in [0.29, 0.717) is 5.96 Å². The number of guanidine groups is 1. The van der Waals surface area contributed by atoms with Crippen LogP contribution in [0.1, 0.15) is 34.1 Å². The molecule has 0 atom stereocenters. The van der Waals surface area contributed by atoms with Crippen LogP contribution in [0.25, 0.3) is 0 Å². The lowest BCUT2D eigenvalue weighted by Gasteiger charge is -2.35. The zero-order valence-corrected chi connectivity index (χ0v) is 11.2. The van der Waals surface area contributed by atoms with Crippen molar-refractivity contribution in [2.45, 2.75) is 39.7 Å². The number of hydrogen-bond acceptors (Lipinski definition) is 2. The van der Waals surface area contributed by atoms with E-state index in [4.69, 9.17) is 5.73 Å². The van der Waals surface area contributed by atoms with Crippen LogP contribution < -0.4 is 5.73 Å². The lowest BCUT2D eigenvalue weighted by Crippen LogP contribution is -2.51. The molecule has 0 aromatic rings. The summed E-state index contributed by atoms with van der Waals surface area (Å²) in [6.07, 6.45) is 1.23. The molecular weight excluding hydrogens is 200 g/mol. The molecule has 1 aliphatic heterocycles. The molecule has 1 aliphatic rings. The van der Waals surface area contributed by atoms with Crippen molar-refractivity contribution in [3.63, 3.8) is 0 Å². The van der Waals surface area contributed by atoms with Crippen LogP contribution in [0.15, 0.2) is 4.99 Å². The zero-order valence-electron chi connectivity index (χ0n) is 11.2. The van der Waals surface area contributed by atoms with Crippen LogP contribution in [0.5, 0.6) is 0 Å². The molecule has 0 radical (unpaired) electrons. The van der Waals surface area contributed by atoms with Gasteiger partial charge in [-0.05, 0) is 33.7 Å². The van der Waals surface area contributed by atoms with Gasteiger partial charge >= 0.3 is 0 Å². The second kappa shape index (κ2) is 5.53. The summed E-state index contributed by atoms with van der Waals surface area (Å²) in [4.78, 5) is 9.18. The maximum Gasteiger partial charge on any atom is 0.191 e. The Morgan fingerprint density at radius 3 is 2.19 bits per heavy atom. The molecule has 1 heterocycles. The van der Waals surface area contributed by atoms with Gasteiger partial charge in [-0.15, -0.1) is 0 Å². The lowest BCUT2D eigenvalue weighted by molar-refractivity contribution is 0.180. The van der Waals surface area contributed by atoms with Crippen LogP contribution in [-0.2, 0) is 0 Å². The Hall–Kier alpha value is -0.770. The van der Waals surface area contributed by atoms with Crippen molar-refractivity contribution in [2.75, 3.05) is 32.7 Å². The third-order valence-electron chi connectivity index (χ3n) is 2.69. The van der Waals surface area contributed by atoms with Crippen LogP contribution in [0.2, 0.25) is 0 Å². The quantitative estimate of drug-likeness (QED) is 0.567. The van der Waals surface area contributed by atoms with Crippen LogP contribution in [0.3, 0.4) is 0 Å². The Morgan fingerprint density at radius 1 is 1.19 bits per heavy atom. The highest BCUT2D eigenvalue weighted by molar-refractivity contribution is 5.78. The molecule has 0 aliphatic carbocycles. The highest BCUT2D eigenvalue weighted by atomic mass is 15.3. The summed E-state index contributed by atoms with van der Waals surface area (Å²) in [7, 11) is 0. The van der Waals surface area contributed by atoms with E-state index < -0.39 is 0 Å². The maximum atomic E-state index is 6.01.